The summed E-state index contributed by atoms with van der Waals surface area (Å²) in [5.74, 6) is -0.215. The minimum atomic E-state index is -0.644. The number of carbonyl (C=O) groups is 2. The summed E-state index contributed by atoms with van der Waals surface area (Å²) in [4.78, 5) is 37.1. The van der Waals surface area contributed by atoms with E-state index in [4.69, 9.17) is 5.21 Å². The standard InChI is InChI=1S/C24H22N6O3/c1-14(31)27-18-4-2-3-15(9-18)16-5-6-21-19(10-16)20-13-30(8-7-22(20)28-21)24-25-11-17(12-26-24)23(32)29-33/h2-6,9-12,28,33H,7-8,13H2,1H3,(H,27,31)(H,29,32). The van der Waals surface area contributed by atoms with Crippen molar-refractivity contribution in [1.82, 2.24) is 20.4 Å². The van der Waals surface area contributed by atoms with Crippen LogP contribution in [0, 0.1) is 0 Å². The van der Waals surface area contributed by atoms with Crippen LogP contribution in [0.1, 0.15) is 28.5 Å². The molecule has 0 bridgehead atoms. The van der Waals surface area contributed by atoms with Crippen LogP contribution in [0.15, 0.2) is 54.9 Å². The van der Waals surface area contributed by atoms with Gasteiger partial charge in [0.25, 0.3) is 5.91 Å². The molecule has 2 aromatic carbocycles. The molecule has 2 amide bonds. The molecule has 1 aliphatic heterocycles. The monoisotopic (exact) mass is 442 g/mol. The molecule has 166 valence electrons. The maximum absolute atomic E-state index is 11.5. The molecule has 5 rings (SSSR count). The highest BCUT2D eigenvalue weighted by atomic mass is 16.5. The Kier molecular flexibility index (Phi) is 5.23. The fourth-order valence-corrected chi connectivity index (χ4v) is 4.21. The molecule has 0 atom stereocenters. The zero-order valence-electron chi connectivity index (χ0n) is 17.9. The van der Waals surface area contributed by atoms with Crippen LogP contribution >= 0.6 is 0 Å². The van der Waals surface area contributed by atoms with Crippen molar-refractivity contribution in [3.8, 4) is 11.1 Å². The molecule has 0 saturated carbocycles. The lowest BCUT2D eigenvalue weighted by Gasteiger charge is -2.27. The van der Waals surface area contributed by atoms with Gasteiger partial charge < -0.3 is 15.2 Å². The lowest BCUT2D eigenvalue weighted by Crippen LogP contribution is -2.31. The number of H-pyrrole nitrogens is 1. The van der Waals surface area contributed by atoms with E-state index < -0.39 is 5.91 Å². The summed E-state index contributed by atoms with van der Waals surface area (Å²) in [6.45, 7) is 2.88. The van der Waals surface area contributed by atoms with E-state index >= 15 is 0 Å². The highest BCUT2D eigenvalue weighted by Gasteiger charge is 2.23. The van der Waals surface area contributed by atoms with Gasteiger partial charge in [-0.3, -0.25) is 14.8 Å². The second-order valence-electron chi connectivity index (χ2n) is 7.99. The first-order valence-corrected chi connectivity index (χ1v) is 10.5. The van der Waals surface area contributed by atoms with Crippen LogP contribution in [-0.2, 0) is 17.8 Å². The van der Waals surface area contributed by atoms with Gasteiger partial charge in [-0.15, -0.1) is 0 Å². The Morgan fingerprint density at radius 1 is 1.09 bits per heavy atom. The third-order valence-corrected chi connectivity index (χ3v) is 5.78. The van der Waals surface area contributed by atoms with Crippen molar-refractivity contribution in [3.63, 3.8) is 0 Å². The van der Waals surface area contributed by atoms with Gasteiger partial charge in [0.05, 0.1) is 5.56 Å². The second-order valence-corrected chi connectivity index (χ2v) is 7.99. The number of nitrogens with zero attached hydrogens (tertiary/aromatic N) is 3. The Morgan fingerprint density at radius 2 is 1.88 bits per heavy atom. The average Bonchev–Trinajstić information content (AvgIpc) is 3.20. The van der Waals surface area contributed by atoms with E-state index in [1.54, 1.807) is 5.48 Å². The second kappa shape index (κ2) is 8.36. The number of fused-ring (bicyclic) bond motifs is 3. The molecule has 0 radical (unpaired) electrons. The molecule has 9 heteroatoms. The summed E-state index contributed by atoms with van der Waals surface area (Å²) < 4.78 is 0. The molecule has 2 aromatic heterocycles. The predicted molar refractivity (Wildman–Crippen MR) is 124 cm³/mol. The summed E-state index contributed by atoms with van der Waals surface area (Å²) in [7, 11) is 0. The van der Waals surface area contributed by atoms with Crippen LogP contribution in [0.2, 0.25) is 0 Å². The van der Waals surface area contributed by atoms with Gasteiger partial charge in [-0.25, -0.2) is 15.4 Å². The first-order chi connectivity index (χ1) is 16.0. The lowest BCUT2D eigenvalue weighted by atomic mass is 9.99. The van der Waals surface area contributed by atoms with E-state index in [1.807, 2.05) is 24.3 Å². The number of hydroxylamine groups is 1. The number of aromatic nitrogens is 3. The van der Waals surface area contributed by atoms with Gasteiger partial charge in [0, 0.05) is 66.7 Å². The van der Waals surface area contributed by atoms with E-state index in [0.717, 1.165) is 40.7 Å². The number of nitrogens with one attached hydrogen (secondary N) is 3. The number of benzene rings is 2. The van der Waals surface area contributed by atoms with Gasteiger partial charge in [0.2, 0.25) is 11.9 Å². The first-order valence-electron chi connectivity index (χ1n) is 10.5. The zero-order valence-corrected chi connectivity index (χ0v) is 17.9. The van der Waals surface area contributed by atoms with E-state index in [1.165, 1.54) is 30.6 Å². The van der Waals surface area contributed by atoms with Gasteiger partial charge in [-0.1, -0.05) is 18.2 Å². The number of amides is 2. The van der Waals surface area contributed by atoms with Crippen LogP contribution < -0.4 is 15.7 Å². The van der Waals surface area contributed by atoms with Crippen LogP contribution in [0.4, 0.5) is 11.6 Å². The van der Waals surface area contributed by atoms with E-state index in [0.29, 0.717) is 12.5 Å². The van der Waals surface area contributed by atoms with Gasteiger partial charge in [0.1, 0.15) is 0 Å². The van der Waals surface area contributed by atoms with Crippen LogP contribution in [0.3, 0.4) is 0 Å². The summed E-state index contributed by atoms with van der Waals surface area (Å²) >= 11 is 0. The molecule has 0 fully saturated rings. The molecule has 33 heavy (non-hydrogen) atoms. The van der Waals surface area contributed by atoms with Crippen molar-refractivity contribution in [3.05, 3.63) is 71.7 Å². The fourth-order valence-electron chi connectivity index (χ4n) is 4.21. The van der Waals surface area contributed by atoms with E-state index in [9.17, 15) is 9.59 Å². The number of carbonyl (C=O) groups excluding carboxylic acids is 2. The molecule has 4 N–H and O–H groups in total. The number of hydrogen-bond acceptors (Lipinski definition) is 6. The third kappa shape index (κ3) is 4.01. The fraction of sp³-hybridized carbons (Fsp3) is 0.167. The average molecular weight is 442 g/mol. The van der Waals surface area contributed by atoms with Crippen molar-refractivity contribution in [2.45, 2.75) is 19.9 Å². The third-order valence-electron chi connectivity index (χ3n) is 5.78. The molecular weight excluding hydrogens is 420 g/mol. The normalized spacial score (nSPS) is 13.0. The van der Waals surface area contributed by atoms with Gasteiger partial charge in [-0.2, -0.15) is 0 Å². The van der Waals surface area contributed by atoms with Crippen LogP contribution in [0.5, 0.6) is 0 Å². The molecule has 3 heterocycles. The first kappa shape index (κ1) is 20.7. The molecule has 9 nitrogen and oxygen atoms in total. The van der Waals surface area contributed by atoms with E-state index in [2.05, 4.69) is 43.4 Å². The minimum absolute atomic E-state index is 0.102. The summed E-state index contributed by atoms with van der Waals surface area (Å²) in [5.41, 5.74) is 8.07. The summed E-state index contributed by atoms with van der Waals surface area (Å²) in [5, 5.41) is 12.7. The molecule has 0 saturated heterocycles. The van der Waals surface area contributed by atoms with Crippen molar-refractivity contribution in [1.29, 1.82) is 0 Å². The Labute approximate surface area is 189 Å². The topological polar surface area (TPSA) is 123 Å². The largest absolute Gasteiger partial charge is 0.358 e. The van der Waals surface area contributed by atoms with E-state index in [-0.39, 0.29) is 11.5 Å². The zero-order chi connectivity index (χ0) is 22.9. The maximum Gasteiger partial charge on any atom is 0.277 e. The Bertz CT molecular complexity index is 1360. The van der Waals surface area contributed by atoms with Crippen LogP contribution in [-0.4, -0.2) is 38.5 Å². The van der Waals surface area contributed by atoms with Gasteiger partial charge in [-0.05, 0) is 35.4 Å². The predicted octanol–water partition coefficient (Wildman–Crippen LogP) is 3.27. The molecule has 0 unspecified atom stereocenters. The van der Waals surface area contributed by atoms with Crippen molar-refractivity contribution in [2.24, 2.45) is 0 Å². The molecule has 0 spiro atoms. The van der Waals surface area contributed by atoms with Gasteiger partial charge >= 0.3 is 0 Å². The molecule has 4 aromatic rings. The quantitative estimate of drug-likeness (QED) is 0.284. The highest BCUT2D eigenvalue weighted by Crippen LogP contribution is 2.33. The Balaban J connectivity index is 1.46. The number of hydrogen-bond donors (Lipinski definition) is 4. The lowest BCUT2D eigenvalue weighted by molar-refractivity contribution is -0.114. The number of aromatic amines is 1. The Morgan fingerprint density at radius 3 is 2.64 bits per heavy atom. The van der Waals surface area contributed by atoms with Crippen LogP contribution in [0.25, 0.3) is 22.0 Å². The summed E-state index contributed by atoms with van der Waals surface area (Å²) in [6, 6.07) is 14.1. The molecule has 0 aliphatic carbocycles. The number of anilines is 2. The smallest absolute Gasteiger partial charge is 0.277 e. The minimum Gasteiger partial charge on any atom is -0.358 e. The molecular formula is C24H22N6O3. The molecule has 1 aliphatic rings. The Hall–Kier alpha value is -4.24. The number of rotatable bonds is 4. The summed E-state index contributed by atoms with van der Waals surface area (Å²) in [6.07, 6.45) is 3.62. The highest BCUT2D eigenvalue weighted by molar-refractivity contribution is 5.93. The van der Waals surface area contributed by atoms with Gasteiger partial charge in [0.15, 0.2) is 0 Å². The maximum atomic E-state index is 11.5. The van der Waals surface area contributed by atoms with Crippen molar-refractivity contribution >= 4 is 34.4 Å². The van der Waals surface area contributed by atoms with Crippen molar-refractivity contribution < 1.29 is 14.8 Å². The SMILES string of the molecule is CC(=O)Nc1cccc(-c2ccc3[nH]c4c(c3c2)CN(c2ncc(C(=O)NO)cn2)CC4)c1. The van der Waals surface area contributed by atoms with Crippen molar-refractivity contribution in [2.75, 3.05) is 16.8 Å².